The molecule has 0 saturated heterocycles. The topological polar surface area (TPSA) is 66.0 Å². The fourth-order valence-electron chi connectivity index (χ4n) is 1.41. The highest BCUT2D eigenvalue weighted by Gasteiger charge is 2.17. The second kappa shape index (κ2) is 4.40. The Hall–Kier alpha value is -1.75. The van der Waals surface area contributed by atoms with E-state index in [1.165, 1.54) is 11.8 Å². The van der Waals surface area contributed by atoms with Gasteiger partial charge in [-0.25, -0.2) is 9.78 Å². The Labute approximate surface area is 96.7 Å². The maximum Gasteiger partial charge on any atom is 0.354 e. The van der Waals surface area contributed by atoms with Crippen LogP contribution in [0.15, 0.2) is 35.5 Å². The summed E-state index contributed by atoms with van der Waals surface area (Å²) in [5, 5.41) is 9.66. The van der Waals surface area contributed by atoms with E-state index in [1.54, 1.807) is 0 Å². The molecule has 4 nitrogen and oxygen atoms in total. The minimum Gasteiger partial charge on any atom is -0.477 e. The molecule has 0 bridgehead atoms. The van der Waals surface area contributed by atoms with Gasteiger partial charge in [0.15, 0.2) is 10.9 Å². The lowest BCUT2D eigenvalue weighted by atomic mass is 10.1. The normalized spacial score (nSPS) is 10.3. The van der Waals surface area contributed by atoms with Gasteiger partial charge in [-0.15, -0.1) is 0 Å². The largest absolute Gasteiger partial charge is 0.477 e. The number of carboxylic acids is 1. The van der Waals surface area contributed by atoms with Crippen molar-refractivity contribution in [3.63, 3.8) is 0 Å². The van der Waals surface area contributed by atoms with Gasteiger partial charge >= 0.3 is 5.97 Å². The third-order valence-electron chi connectivity index (χ3n) is 2.14. The van der Waals surface area contributed by atoms with E-state index in [2.05, 4.69) is 9.97 Å². The molecule has 1 heterocycles. The smallest absolute Gasteiger partial charge is 0.354 e. The Bertz CT molecular complexity index is 508. The summed E-state index contributed by atoms with van der Waals surface area (Å²) in [7, 11) is 0. The Morgan fingerprint density at radius 3 is 2.62 bits per heavy atom. The number of hydrogen-bond donors (Lipinski definition) is 2. The Kier molecular flexibility index (Phi) is 2.96. The highest BCUT2D eigenvalue weighted by Crippen LogP contribution is 2.24. The maximum absolute atomic E-state index is 11.0. The average molecular weight is 234 g/mol. The third-order valence-corrected chi connectivity index (χ3v) is 2.72. The van der Waals surface area contributed by atoms with Gasteiger partial charge in [-0.2, -0.15) is 0 Å². The van der Waals surface area contributed by atoms with Crippen LogP contribution in [0.5, 0.6) is 0 Å². The molecule has 0 radical (unpaired) electrons. The van der Waals surface area contributed by atoms with Gasteiger partial charge in [0.05, 0.1) is 0 Å². The van der Waals surface area contributed by atoms with Crippen LogP contribution in [0.25, 0.3) is 11.3 Å². The Morgan fingerprint density at radius 1 is 1.38 bits per heavy atom. The highest BCUT2D eigenvalue weighted by atomic mass is 32.2. The number of rotatable bonds is 3. The first-order chi connectivity index (χ1) is 7.72. The summed E-state index contributed by atoms with van der Waals surface area (Å²) in [6.07, 6.45) is 1.85. The van der Waals surface area contributed by atoms with E-state index in [0.717, 1.165) is 5.56 Å². The molecule has 2 rings (SSSR count). The lowest BCUT2D eigenvalue weighted by Crippen LogP contribution is -1.99. The molecule has 0 aliphatic carbocycles. The van der Waals surface area contributed by atoms with Gasteiger partial charge in [-0.05, 0) is 6.26 Å². The van der Waals surface area contributed by atoms with E-state index in [9.17, 15) is 4.79 Å². The molecular weight excluding hydrogens is 224 g/mol. The van der Waals surface area contributed by atoms with E-state index in [4.69, 9.17) is 5.11 Å². The first-order valence-electron chi connectivity index (χ1n) is 4.65. The van der Waals surface area contributed by atoms with E-state index in [-0.39, 0.29) is 5.69 Å². The van der Waals surface area contributed by atoms with Crippen LogP contribution in [-0.4, -0.2) is 27.3 Å². The Morgan fingerprint density at radius 2 is 2.06 bits per heavy atom. The number of nitrogens with zero attached hydrogens (tertiary/aromatic N) is 1. The molecule has 0 atom stereocenters. The number of H-pyrrole nitrogens is 1. The SMILES string of the molecule is CSc1nc(-c2ccccc2)c(C(=O)O)[nH]1. The predicted octanol–water partition coefficient (Wildman–Crippen LogP) is 2.50. The predicted molar refractivity (Wildman–Crippen MR) is 62.8 cm³/mol. The second-order valence-corrected chi connectivity index (χ2v) is 3.94. The van der Waals surface area contributed by atoms with Crippen LogP contribution in [0.3, 0.4) is 0 Å². The van der Waals surface area contributed by atoms with E-state index < -0.39 is 5.97 Å². The fourth-order valence-corrected chi connectivity index (χ4v) is 1.79. The summed E-state index contributed by atoms with van der Waals surface area (Å²) in [5.74, 6) is -0.994. The van der Waals surface area contributed by atoms with Gasteiger partial charge in [0.2, 0.25) is 0 Å². The molecule has 2 N–H and O–H groups in total. The van der Waals surface area contributed by atoms with Crippen molar-refractivity contribution in [2.45, 2.75) is 5.16 Å². The number of nitrogens with one attached hydrogen (secondary N) is 1. The summed E-state index contributed by atoms with van der Waals surface area (Å²) in [6, 6.07) is 9.27. The lowest BCUT2D eigenvalue weighted by molar-refractivity contribution is 0.0691. The summed E-state index contributed by atoms with van der Waals surface area (Å²) < 4.78 is 0. The average Bonchev–Trinajstić information content (AvgIpc) is 2.74. The van der Waals surface area contributed by atoms with Gasteiger partial charge in [0.1, 0.15) is 5.69 Å². The van der Waals surface area contributed by atoms with Crippen molar-refractivity contribution in [2.75, 3.05) is 6.26 Å². The maximum atomic E-state index is 11.0. The van der Waals surface area contributed by atoms with Crippen molar-refractivity contribution in [3.05, 3.63) is 36.0 Å². The zero-order valence-corrected chi connectivity index (χ0v) is 9.41. The molecular formula is C11H10N2O2S. The van der Waals surface area contributed by atoms with Crippen LogP contribution in [-0.2, 0) is 0 Å². The summed E-state index contributed by atoms with van der Waals surface area (Å²) in [6.45, 7) is 0. The number of hydrogen-bond acceptors (Lipinski definition) is 3. The van der Waals surface area contributed by atoms with Crippen LogP contribution in [0.4, 0.5) is 0 Å². The zero-order chi connectivity index (χ0) is 11.5. The first-order valence-corrected chi connectivity index (χ1v) is 5.87. The molecule has 0 unspecified atom stereocenters. The molecule has 0 fully saturated rings. The van der Waals surface area contributed by atoms with E-state index in [0.29, 0.717) is 10.9 Å². The second-order valence-electron chi connectivity index (χ2n) is 3.14. The van der Waals surface area contributed by atoms with E-state index in [1.807, 2.05) is 36.6 Å². The summed E-state index contributed by atoms with van der Waals surface area (Å²) >= 11 is 1.39. The van der Waals surface area contributed by atoms with Crippen LogP contribution >= 0.6 is 11.8 Å². The number of carboxylic acid groups (broad SMARTS) is 1. The number of aromatic amines is 1. The van der Waals surface area contributed by atoms with Crippen LogP contribution < -0.4 is 0 Å². The van der Waals surface area contributed by atoms with Gasteiger partial charge in [0, 0.05) is 5.56 Å². The summed E-state index contributed by atoms with van der Waals surface area (Å²) in [5.41, 5.74) is 1.42. The number of imidazole rings is 1. The molecule has 0 amide bonds. The number of aromatic carboxylic acids is 1. The number of carbonyl (C=O) groups is 1. The molecule has 0 saturated carbocycles. The van der Waals surface area contributed by atoms with Gasteiger partial charge in [-0.1, -0.05) is 42.1 Å². The van der Waals surface area contributed by atoms with Crippen molar-refractivity contribution >= 4 is 17.7 Å². The number of thioether (sulfide) groups is 1. The van der Waals surface area contributed by atoms with E-state index >= 15 is 0 Å². The minimum absolute atomic E-state index is 0.135. The van der Waals surface area contributed by atoms with Crippen molar-refractivity contribution in [2.24, 2.45) is 0 Å². The van der Waals surface area contributed by atoms with Crippen LogP contribution in [0, 0.1) is 0 Å². The van der Waals surface area contributed by atoms with Gasteiger partial charge in [-0.3, -0.25) is 0 Å². The lowest BCUT2D eigenvalue weighted by Gasteiger charge is -1.97. The molecule has 16 heavy (non-hydrogen) atoms. The monoisotopic (exact) mass is 234 g/mol. The van der Waals surface area contributed by atoms with Gasteiger partial charge < -0.3 is 10.1 Å². The zero-order valence-electron chi connectivity index (χ0n) is 8.60. The number of aromatic nitrogens is 2. The standard InChI is InChI=1S/C11H10N2O2S/c1-16-11-12-8(9(13-11)10(14)15)7-5-3-2-4-6-7/h2-6H,1H3,(H,12,13)(H,14,15). The van der Waals surface area contributed by atoms with Crippen molar-refractivity contribution < 1.29 is 9.90 Å². The molecule has 0 aliphatic heterocycles. The van der Waals surface area contributed by atoms with Crippen LogP contribution in [0.2, 0.25) is 0 Å². The van der Waals surface area contributed by atoms with Crippen molar-refractivity contribution in [1.29, 1.82) is 0 Å². The Balaban J connectivity index is 2.55. The highest BCUT2D eigenvalue weighted by molar-refractivity contribution is 7.98. The molecule has 1 aromatic heterocycles. The third kappa shape index (κ3) is 1.94. The van der Waals surface area contributed by atoms with Crippen molar-refractivity contribution in [1.82, 2.24) is 9.97 Å². The number of benzene rings is 1. The molecule has 1 aromatic carbocycles. The first kappa shape index (κ1) is 10.8. The fraction of sp³-hybridized carbons (Fsp3) is 0.0909. The molecule has 0 spiro atoms. The van der Waals surface area contributed by atoms with Crippen molar-refractivity contribution in [3.8, 4) is 11.3 Å². The summed E-state index contributed by atoms with van der Waals surface area (Å²) in [4.78, 5) is 18.1. The quantitative estimate of drug-likeness (QED) is 0.801. The van der Waals surface area contributed by atoms with Crippen LogP contribution in [0.1, 0.15) is 10.5 Å². The molecule has 5 heteroatoms. The molecule has 82 valence electrons. The minimum atomic E-state index is -0.994. The molecule has 0 aliphatic rings. The molecule has 2 aromatic rings. The van der Waals surface area contributed by atoms with Gasteiger partial charge in [0.25, 0.3) is 0 Å².